The van der Waals surface area contributed by atoms with Crippen LogP contribution in [0.1, 0.15) is 24.1 Å². The summed E-state index contributed by atoms with van der Waals surface area (Å²) in [6.07, 6.45) is 0. The van der Waals surface area contributed by atoms with Gasteiger partial charge in [-0.15, -0.1) is 0 Å². The van der Waals surface area contributed by atoms with Crippen LogP contribution in [-0.2, 0) is 0 Å². The number of nitriles is 1. The summed E-state index contributed by atoms with van der Waals surface area (Å²) < 4.78 is 10.6. The van der Waals surface area contributed by atoms with Crippen LogP contribution in [0.5, 0.6) is 11.5 Å². The van der Waals surface area contributed by atoms with Crippen molar-refractivity contribution in [1.29, 1.82) is 5.26 Å². The molecule has 0 radical (unpaired) electrons. The Labute approximate surface area is 135 Å². The molecule has 0 aliphatic carbocycles. The molecule has 2 aromatic carbocycles. The molecule has 2 rings (SSSR count). The SMILES string of the molecule is COc1ccc(C(C)Nc2ccc(Cl)cc2C#N)cc1OC. The summed E-state index contributed by atoms with van der Waals surface area (Å²) in [6.45, 7) is 2.01. The molecule has 5 heteroatoms. The molecule has 1 unspecified atom stereocenters. The van der Waals surface area contributed by atoms with E-state index in [0.717, 1.165) is 11.3 Å². The Kier molecular flexibility index (Phi) is 5.13. The molecule has 22 heavy (non-hydrogen) atoms. The Hall–Kier alpha value is -2.38. The lowest BCUT2D eigenvalue weighted by Gasteiger charge is -2.18. The highest BCUT2D eigenvalue weighted by molar-refractivity contribution is 6.30. The fourth-order valence-corrected chi connectivity index (χ4v) is 2.35. The molecule has 4 nitrogen and oxygen atoms in total. The summed E-state index contributed by atoms with van der Waals surface area (Å²) in [5.41, 5.74) is 2.28. The van der Waals surface area contributed by atoms with Crippen LogP contribution < -0.4 is 14.8 Å². The Morgan fingerprint density at radius 1 is 1.09 bits per heavy atom. The average Bonchev–Trinajstić information content (AvgIpc) is 2.55. The van der Waals surface area contributed by atoms with E-state index in [1.165, 1.54) is 0 Å². The van der Waals surface area contributed by atoms with Crippen molar-refractivity contribution < 1.29 is 9.47 Å². The van der Waals surface area contributed by atoms with Gasteiger partial charge in [-0.25, -0.2) is 0 Å². The Bertz CT molecular complexity index is 710. The van der Waals surface area contributed by atoms with E-state index in [1.807, 2.05) is 25.1 Å². The monoisotopic (exact) mass is 316 g/mol. The molecule has 0 aromatic heterocycles. The minimum Gasteiger partial charge on any atom is -0.493 e. The first-order chi connectivity index (χ1) is 10.6. The van der Waals surface area contributed by atoms with E-state index in [9.17, 15) is 5.26 Å². The smallest absolute Gasteiger partial charge is 0.161 e. The molecule has 0 aliphatic rings. The molecule has 2 aromatic rings. The lowest BCUT2D eigenvalue weighted by atomic mass is 10.1. The normalized spacial score (nSPS) is 11.4. The maximum Gasteiger partial charge on any atom is 0.161 e. The second kappa shape index (κ2) is 7.06. The van der Waals surface area contributed by atoms with Crippen molar-refractivity contribution in [1.82, 2.24) is 0 Å². The summed E-state index contributed by atoms with van der Waals surface area (Å²) in [4.78, 5) is 0. The lowest BCUT2D eigenvalue weighted by Crippen LogP contribution is -2.08. The van der Waals surface area contributed by atoms with Crippen LogP contribution in [0.25, 0.3) is 0 Å². The summed E-state index contributed by atoms with van der Waals surface area (Å²) in [7, 11) is 3.21. The first-order valence-corrected chi connectivity index (χ1v) is 7.15. The van der Waals surface area contributed by atoms with Crippen LogP contribution in [0.3, 0.4) is 0 Å². The van der Waals surface area contributed by atoms with Gasteiger partial charge in [-0.2, -0.15) is 5.26 Å². The van der Waals surface area contributed by atoms with Crippen LogP contribution in [0.4, 0.5) is 5.69 Å². The van der Waals surface area contributed by atoms with Crippen molar-refractivity contribution >= 4 is 17.3 Å². The molecule has 0 saturated carbocycles. The minimum absolute atomic E-state index is 0.00641. The maximum absolute atomic E-state index is 9.19. The standard InChI is InChI=1S/C17H17ClN2O2/c1-11(12-4-7-16(21-2)17(9-12)22-3)20-15-6-5-14(18)8-13(15)10-19/h4-9,11,20H,1-3H3. The number of hydrogen-bond donors (Lipinski definition) is 1. The van der Waals surface area contributed by atoms with E-state index in [0.29, 0.717) is 22.1 Å². The number of halogens is 1. The zero-order chi connectivity index (χ0) is 16.1. The van der Waals surface area contributed by atoms with Crippen LogP contribution in [0, 0.1) is 11.3 Å². The third kappa shape index (κ3) is 3.44. The van der Waals surface area contributed by atoms with Crippen molar-refractivity contribution in [2.24, 2.45) is 0 Å². The fourth-order valence-electron chi connectivity index (χ4n) is 2.17. The summed E-state index contributed by atoms with van der Waals surface area (Å²) >= 11 is 5.91. The zero-order valence-corrected chi connectivity index (χ0v) is 13.4. The van der Waals surface area contributed by atoms with Crippen LogP contribution >= 0.6 is 11.6 Å². The molecule has 0 bridgehead atoms. The van der Waals surface area contributed by atoms with E-state index in [4.69, 9.17) is 21.1 Å². The Morgan fingerprint density at radius 3 is 2.45 bits per heavy atom. The van der Waals surface area contributed by atoms with Crippen LogP contribution in [0.15, 0.2) is 36.4 Å². The number of rotatable bonds is 5. The van der Waals surface area contributed by atoms with Crippen molar-refractivity contribution in [2.75, 3.05) is 19.5 Å². The van der Waals surface area contributed by atoms with Crippen LogP contribution in [-0.4, -0.2) is 14.2 Å². The van der Waals surface area contributed by atoms with Gasteiger partial charge in [-0.3, -0.25) is 0 Å². The number of anilines is 1. The molecule has 114 valence electrons. The van der Waals surface area contributed by atoms with Crippen molar-refractivity contribution in [3.63, 3.8) is 0 Å². The van der Waals surface area contributed by atoms with Gasteiger partial charge in [0.25, 0.3) is 0 Å². The summed E-state index contributed by atoms with van der Waals surface area (Å²) in [6, 6.07) is 13.1. The highest BCUT2D eigenvalue weighted by atomic mass is 35.5. The molecular formula is C17H17ClN2O2. The molecule has 1 atom stereocenters. The average molecular weight is 317 g/mol. The molecule has 0 aliphatic heterocycles. The second-order valence-corrected chi connectivity index (χ2v) is 5.22. The molecular weight excluding hydrogens is 300 g/mol. The first-order valence-electron chi connectivity index (χ1n) is 6.77. The summed E-state index contributed by atoms with van der Waals surface area (Å²) in [5.74, 6) is 1.35. The molecule has 0 spiro atoms. The lowest BCUT2D eigenvalue weighted by molar-refractivity contribution is 0.354. The highest BCUT2D eigenvalue weighted by Crippen LogP contribution is 2.31. The number of nitrogens with zero attached hydrogens (tertiary/aromatic N) is 1. The Balaban J connectivity index is 2.26. The largest absolute Gasteiger partial charge is 0.493 e. The van der Waals surface area contributed by atoms with Gasteiger partial charge in [0, 0.05) is 11.1 Å². The molecule has 0 amide bonds. The van der Waals surface area contributed by atoms with Gasteiger partial charge < -0.3 is 14.8 Å². The van der Waals surface area contributed by atoms with Gasteiger partial charge >= 0.3 is 0 Å². The van der Waals surface area contributed by atoms with E-state index >= 15 is 0 Å². The predicted octanol–water partition coefficient (Wildman–Crippen LogP) is 4.40. The molecule has 0 heterocycles. The zero-order valence-electron chi connectivity index (χ0n) is 12.7. The number of nitrogens with one attached hydrogen (secondary N) is 1. The molecule has 0 saturated heterocycles. The number of hydrogen-bond acceptors (Lipinski definition) is 4. The van der Waals surface area contributed by atoms with Gasteiger partial charge in [0.2, 0.25) is 0 Å². The summed E-state index contributed by atoms with van der Waals surface area (Å²) in [5, 5.41) is 13.1. The van der Waals surface area contributed by atoms with E-state index in [2.05, 4.69) is 11.4 Å². The van der Waals surface area contributed by atoms with Crippen LogP contribution in [0.2, 0.25) is 5.02 Å². The van der Waals surface area contributed by atoms with Crippen molar-refractivity contribution in [3.8, 4) is 17.6 Å². The minimum atomic E-state index is -0.00641. The maximum atomic E-state index is 9.19. The third-order valence-electron chi connectivity index (χ3n) is 3.38. The second-order valence-electron chi connectivity index (χ2n) is 4.78. The van der Waals surface area contributed by atoms with E-state index in [1.54, 1.807) is 32.4 Å². The number of methoxy groups -OCH3 is 2. The topological polar surface area (TPSA) is 54.3 Å². The van der Waals surface area contributed by atoms with Gasteiger partial charge in [-0.05, 0) is 42.8 Å². The first kappa shape index (κ1) is 16.0. The van der Waals surface area contributed by atoms with Gasteiger partial charge in [0.15, 0.2) is 11.5 Å². The van der Waals surface area contributed by atoms with Gasteiger partial charge in [0.1, 0.15) is 6.07 Å². The van der Waals surface area contributed by atoms with Gasteiger partial charge in [0.05, 0.1) is 25.5 Å². The van der Waals surface area contributed by atoms with E-state index < -0.39 is 0 Å². The molecule has 1 N–H and O–H groups in total. The van der Waals surface area contributed by atoms with E-state index in [-0.39, 0.29) is 6.04 Å². The quantitative estimate of drug-likeness (QED) is 0.888. The number of ether oxygens (including phenoxy) is 2. The highest BCUT2D eigenvalue weighted by Gasteiger charge is 2.12. The van der Waals surface area contributed by atoms with Crippen molar-refractivity contribution in [3.05, 3.63) is 52.5 Å². The predicted molar refractivity (Wildman–Crippen MR) is 87.8 cm³/mol. The molecule has 0 fully saturated rings. The van der Waals surface area contributed by atoms with Crippen molar-refractivity contribution in [2.45, 2.75) is 13.0 Å². The fraction of sp³-hybridized carbons (Fsp3) is 0.235. The third-order valence-corrected chi connectivity index (χ3v) is 3.62. The number of benzene rings is 2. The van der Waals surface area contributed by atoms with Gasteiger partial charge in [-0.1, -0.05) is 17.7 Å². The Morgan fingerprint density at radius 2 is 1.82 bits per heavy atom.